The molecule has 1 aromatic rings. The van der Waals surface area contributed by atoms with Crippen molar-refractivity contribution in [2.75, 3.05) is 18.6 Å². The Bertz CT molecular complexity index is 851. The van der Waals surface area contributed by atoms with Crippen LogP contribution < -0.4 is 9.64 Å². The number of benzene rings is 1. The zero-order chi connectivity index (χ0) is 18.3. The second-order valence-electron chi connectivity index (χ2n) is 7.81. The maximum atomic E-state index is 13.4. The van der Waals surface area contributed by atoms with Gasteiger partial charge in [0.05, 0.1) is 48.5 Å². The van der Waals surface area contributed by atoms with E-state index in [9.17, 15) is 15.2 Å². The minimum Gasteiger partial charge on any atom is -0.495 e. The molecule has 4 aliphatic rings. The molecule has 26 heavy (non-hydrogen) atoms. The minimum absolute atomic E-state index is 0.0510. The number of methoxy groups -OCH3 is 1. The number of nitriles is 1. The van der Waals surface area contributed by atoms with E-state index < -0.39 is 23.5 Å². The van der Waals surface area contributed by atoms with Crippen molar-refractivity contribution in [3.8, 4) is 11.8 Å². The molecule has 7 heteroatoms. The van der Waals surface area contributed by atoms with Crippen LogP contribution in [-0.4, -0.2) is 48.3 Å². The van der Waals surface area contributed by atoms with Gasteiger partial charge >= 0.3 is 0 Å². The number of amides is 1. The monoisotopic (exact) mass is 356 g/mol. The van der Waals surface area contributed by atoms with Gasteiger partial charge in [-0.25, -0.2) is 0 Å². The Kier molecular flexibility index (Phi) is 3.07. The summed E-state index contributed by atoms with van der Waals surface area (Å²) < 4.78 is 17.6. The Balaban J connectivity index is 1.61. The van der Waals surface area contributed by atoms with Crippen molar-refractivity contribution in [1.29, 1.82) is 5.26 Å². The fourth-order valence-corrected chi connectivity index (χ4v) is 5.60. The molecule has 1 aromatic carbocycles. The van der Waals surface area contributed by atoms with E-state index in [-0.39, 0.29) is 17.7 Å². The summed E-state index contributed by atoms with van der Waals surface area (Å²) in [5.41, 5.74) is -0.322. The summed E-state index contributed by atoms with van der Waals surface area (Å²) in [4.78, 5) is 15.0. The lowest BCUT2D eigenvalue weighted by molar-refractivity contribution is -0.163. The number of aliphatic hydroxyl groups excluding tert-OH is 1. The fourth-order valence-electron chi connectivity index (χ4n) is 5.60. The van der Waals surface area contributed by atoms with Crippen molar-refractivity contribution in [2.24, 2.45) is 11.8 Å². The third kappa shape index (κ3) is 1.70. The number of carbonyl (C=O) groups is 1. The predicted molar refractivity (Wildman–Crippen MR) is 89.4 cm³/mol. The van der Waals surface area contributed by atoms with E-state index >= 15 is 0 Å². The number of anilines is 1. The van der Waals surface area contributed by atoms with Crippen LogP contribution in [0.3, 0.4) is 0 Å². The number of hydrogen-bond donors (Lipinski definition) is 1. The van der Waals surface area contributed by atoms with Crippen LogP contribution in [0, 0.1) is 23.2 Å². The number of hydrogen-bond acceptors (Lipinski definition) is 6. The molecule has 1 spiro atoms. The SMILES string of the molecule is COc1cc(N2C(=O)[C@H]3[C@H]4[C@@H]2OCC[C@@]42O[C@]3(C)C[C@@H]2O)ccc1C#N. The summed E-state index contributed by atoms with van der Waals surface area (Å²) in [5.74, 6) is -0.159. The Morgan fingerprint density at radius 2 is 2.27 bits per heavy atom. The van der Waals surface area contributed by atoms with Crippen molar-refractivity contribution < 1.29 is 24.1 Å². The maximum Gasteiger partial charge on any atom is 0.235 e. The molecule has 5 rings (SSSR count). The lowest BCUT2D eigenvalue weighted by Crippen LogP contribution is -2.56. The van der Waals surface area contributed by atoms with Gasteiger partial charge in [0.25, 0.3) is 0 Å². The highest BCUT2D eigenvalue weighted by molar-refractivity contribution is 6.00. The maximum absolute atomic E-state index is 13.4. The molecule has 0 aromatic heterocycles. The van der Waals surface area contributed by atoms with Gasteiger partial charge in [-0.05, 0) is 19.1 Å². The Morgan fingerprint density at radius 1 is 1.46 bits per heavy atom. The van der Waals surface area contributed by atoms with E-state index in [0.717, 1.165) is 0 Å². The number of aliphatic hydroxyl groups is 1. The molecule has 0 unspecified atom stereocenters. The third-order valence-electron chi connectivity index (χ3n) is 6.60. The molecule has 0 radical (unpaired) electrons. The van der Waals surface area contributed by atoms with E-state index in [0.29, 0.717) is 36.4 Å². The first kappa shape index (κ1) is 16.1. The van der Waals surface area contributed by atoms with Crippen LogP contribution in [-0.2, 0) is 14.3 Å². The van der Waals surface area contributed by atoms with Gasteiger partial charge < -0.3 is 19.3 Å². The van der Waals surface area contributed by atoms with Gasteiger partial charge in [-0.2, -0.15) is 5.26 Å². The summed E-state index contributed by atoms with van der Waals surface area (Å²) in [7, 11) is 1.50. The normalized spacial score (nSPS) is 42.7. The molecule has 4 saturated heterocycles. The van der Waals surface area contributed by atoms with Crippen LogP contribution in [0.5, 0.6) is 5.75 Å². The van der Waals surface area contributed by atoms with Gasteiger partial charge in [0.15, 0.2) is 0 Å². The number of carbonyl (C=O) groups excluding carboxylic acids is 1. The Hall–Kier alpha value is -2.14. The van der Waals surface area contributed by atoms with Crippen molar-refractivity contribution in [2.45, 2.75) is 43.3 Å². The van der Waals surface area contributed by atoms with Gasteiger partial charge in [-0.15, -0.1) is 0 Å². The Labute approximate surface area is 151 Å². The van der Waals surface area contributed by atoms with Gasteiger partial charge in [0, 0.05) is 18.9 Å². The fraction of sp³-hybridized carbons (Fsp3) is 0.579. The molecule has 136 valence electrons. The molecule has 2 bridgehead atoms. The first-order chi connectivity index (χ1) is 12.4. The molecule has 0 saturated carbocycles. The molecule has 1 N–H and O–H groups in total. The van der Waals surface area contributed by atoms with Crippen molar-refractivity contribution >= 4 is 11.6 Å². The van der Waals surface area contributed by atoms with Gasteiger partial charge in [-0.3, -0.25) is 9.69 Å². The molecule has 4 heterocycles. The minimum atomic E-state index is -0.705. The summed E-state index contributed by atoms with van der Waals surface area (Å²) in [5, 5.41) is 19.9. The van der Waals surface area contributed by atoms with Crippen LogP contribution in [0.15, 0.2) is 18.2 Å². The van der Waals surface area contributed by atoms with Crippen LogP contribution in [0.2, 0.25) is 0 Å². The predicted octanol–water partition coefficient (Wildman–Crippen LogP) is 1.18. The molecule has 1 amide bonds. The van der Waals surface area contributed by atoms with Crippen molar-refractivity contribution in [1.82, 2.24) is 0 Å². The second kappa shape index (κ2) is 4.97. The summed E-state index contributed by atoms with van der Waals surface area (Å²) >= 11 is 0. The average Bonchev–Trinajstić information content (AvgIpc) is 3.18. The summed E-state index contributed by atoms with van der Waals surface area (Å²) in [6.45, 7) is 2.35. The van der Waals surface area contributed by atoms with Gasteiger partial charge in [-0.1, -0.05) is 0 Å². The van der Waals surface area contributed by atoms with Crippen LogP contribution in [0.1, 0.15) is 25.3 Å². The van der Waals surface area contributed by atoms with Gasteiger partial charge in [0.2, 0.25) is 5.91 Å². The zero-order valence-corrected chi connectivity index (χ0v) is 14.6. The highest BCUT2D eigenvalue weighted by Crippen LogP contribution is 2.65. The van der Waals surface area contributed by atoms with Crippen LogP contribution in [0.25, 0.3) is 0 Å². The summed E-state index contributed by atoms with van der Waals surface area (Å²) in [6, 6.07) is 7.17. The quantitative estimate of drug-likeness (QED) is 0.856. The first-order valence-electron chi connectivity index (χ1n) is 8.86. The van der Waals surface area contributed by atoms with Crippen molar-refractivity contribution in [3.05, 3.63) is 23.8 Å². The van der Waals surface area contributed by atoms with E-state index in [4.69, 9.17) is 14.2 Å². The zero-order valence-electron chi connectivity index (χ0n) is 14.6. The van der Waals surface area contributed by atoms with Crippen LogP contribution >= 0.6 is 0 Å². The van der Waals surface area contributed by atoms with E-state index in [1.54, 1.807) is 23.1 Å². The topological polar surface area (TPSA) is 92.0 Å². The average molecular weight is 356 g/mol. The Morgan fingerprint density at radius 3 is 3.00 bits per heavy atom. The first-order valence-corrected chi connectivity index (χ1v) is 8.86. The largest absolute Gasteiger partial charge is 0.495 e. The smallest absolute Gasteiger partial charge is 0.235 e. The van der Waals surface area contributed by atoms with Crippen molar-refractivity contribution in [3.63, 3.8) is 0 Å². The lowest BCUT2D eigenvalue weighted by atomic mass is 9.65. The molecule has 6 atom stereocenters. The molecular weight excluding hydrogens is 336 g/mol. The molecule has 4 fully saturated rings. The third-order valence-corrected chi connectivity index (χ3v) is 6.60. The van der Waals surface area contributed by atoms with Crippen LogP contribution in [0.4, 0.5) is 5.69 Å². The molecule has 0 aliphatic carbocycles. The van der Waals surface area contributed by atoms with E-state index in [1.165, 1.54) is 7.11 Å². The lowest BCUT2D eigenvalue weighted by Gasteiger charge is -2.43. The number of fused-ring (bicyclic) bond motifs is 2. The number of nitrogens with zero attached hydrogens (tertiary/aromatic N) is 2. The number of rotatable bonds is 2. The van der Waals surface area contributed by atoms with E-state index in [1.807, 2.05) is 6.92 Å². The highest BCUT2D eigenvalue weighted by Gasteiger charge is 2.78. The van der Waals surface area contributed by atoms with E-state index in [2.05, 4.69) is 6.07 Å². The highest BCUT2D eigenvalue weighted by atomic mass is 16.6. The van der Waals surface area contributed by atoms with Gasteiger partial charge in [0.1, 0.15) is 23.6 Å². The molecule has 4 aliphatic heterocycles. The molecule has 7 nitrogen and oxygen atoms in total. The second-order valence-corrected chi connectivity index (χ2v) is 7.81. The summed E-state index contributed by atoms with van der Waals surface area (Å²) in [6.07, 6.45) is 0.00945. The standard InChI is InChI=1S/C19H20N2O5/c1-18-8-13(22)19(26-18)5-6-25-17-15(19)14(18)16(23)21(17)11-4-3-10(9-20)12(7-11)24-2/h3-4,7,13-15,17,22H,5-6,8H2,1-2H3/t13-,14+,15-,17-,18+,19-/m0/s1. The number of ether oxygens (including phenoxy) is 3. The molecular formula is C19H20N2O5.